The van der Waals surface area contributed by atoms with Crippen LogP contribution in [0, 0.1) is 0 Å². The topological polar surface area (TPSA) is 46.6 Å². The van der Waals surface area contributed by atoms with E-state index in [9.17, 15) is 0 Å². The number of benzene rings is 1. The van der Waals surface area contributed by atoms with E-state index in [1.807, 2.05) is 24.4 Å². The van der Waals surface area contributed by atoms with Crippen molar-refractivity contribution in [1.82, 2.24) is 15.2 Å². The Bertz CT molecular complexity index is 789. The smallest absolute Gasteiger partial charge is 0.123 e. The summed E-state index contributed by atoms with van der Waals surface area (Å²) in [5.41, 5.74) is 2.38. The number of piperidine rings is 1. The third-order valence-corrected chi connectivity index (χ3v) is 5.64. The molecule has 0 unspecified atom stereocenters. The molecule has 0 amide bonds. The van der Waals surface area contributed by atoms with Gasteiger partial charge >= 0.3 is 0 Å². The van der Waals surface area contributed by atoms with Crippen LogP contribution in [0.4, 0.5) is 0 Å². The lowest BCUT2D eigenvalue weighted by molar-refractivity contribution is 0.0551. The lowest BCUT2D eigenvalue weighted by Crippen LogP contribution is -2.62. The number of hydrogen-bond acceptors (Lipinski definition) is 5. The molecule has 1 aromatic heterocycles. The van der Waals surface area contributed by atoms with Crippen LogP contribution >= 0.6 is 0 Å². The van der Waals surface area contributed by atoms with Crippen molar-refractivity contribution >= 4 is 0 Å². The van der Waals surface area contributed by atoms with Crippen molar-refractivity contribution in [3.63, 3.8) is 0 Å². The predicted octanol–water partition coefficient (Wildman–Crippen LogP) is 4.41. The van der Waals surface area contributed by atoms with Crippen molar-refractivity contribution in [2.45, 2.75) is 70.7 Å². The molecule has 0 saturated carbocycles. The van der Waals surface area contributed by atoms with Crippen molar-refractivity contribution in [1.29, 1.82) is 0 Å². The molecular weight excluding hydrogens is 362 g/mol. The van der Waals surface area contributed by atoms with Gasteiger partial charge < -0.3 is 14.8 Å². The van der Waals surface area contributed by atoms with Crippen LogP contribution < -0.4 is 14.8 Å². The van der Waals surface area contributed by atoms with Gasteiger partial charge in [-0.1, -0.05) is 6.07 Å². The lowest BCUT2D eigenvalue weighted by Gasteiger charge is -2.49. The van der Waals surface area contributed by atoms with E-state index in [4.69, 9.17) is 9.47 Å². The maximum Gasteiger partial charge on any atom is 0.123 e. The number of nitrogens with one attached hydrogen (secondary N) is 1. The van der Waals surface area contributed by atoms with Crippen LogP contribution in [0.15, 0.2) is 42.6 Å². The van der Waals surface area contributed by atoms with Gasteiger partial charge in [-0.2, -0.15) is 0 Å². The Morgan fingerprint density at radius 3 is 2.31 bits per heavy atom. The standard InChI is InChI=1S/C24H35N3O2/c1-23(2)14-20(15-24(3,4)26-23)27(17-19-9-7-8-12-25-19)16-18-13-21(28-5)10-11-22(18)29-6/h7-13,20,26H,14-17H2,1-6H3. The fraction of sp³-hybridized carbons (Fsp3) is 0.542. The zero-order chi connectivity index (χ0) is 21.1. The normalized spacial score (nSPS) is 18.6. The van der Waals surface area contributed by atoms with E-state index in [2.05, 4.69) is 61.1 Å². The molecule has 5 nitrogen and oxygen atoms in total. The highest BCUT2D eigenvalue weighted by atomic mass is 16.5. The summed E-state index contributed by atoms with van der Waals surface area (Å²) in [4.78, 5) is 7.14. The average Bonchev–Trinajstić information content (AvgIpc) is 2.65. The minimum Gasteiger partial charge on any atom is -0.497 e. The summed E-state index contributed by atoms with van der Waals surface area (Å²) in [6, 6.07) is 12.6. The first kappa shape index (κ1) is 21.6. The number of methoxy groups -OCH3 is 2. The molecule has 158 valence electrons. The lowest BCUT2D eigenvalue weighted by atomic mass is 9.79. The fourth-order valence-electron chi connectivity index (χ4n) is 4.76. The van der Waals surface area contributed by atoms with E-state index in [0.29, 0.717) is 6.04 Å². The van der Waals surface area contributed by atoms with Gasteiger partial charge in [0, 0.05) is 42.0 Å². The summed E-state index contributed by atoms with van der Waals surface area (Å²) in [6.45, 7) is 10.8. The van der Waals surface area contributed by atoms with E-state index >= 15 is 0 Å². The van der Waals surface area contributed by atoms with Gasteiger partial charge in [-0.15, -0.1) is 0 Å². The SMILES string of the molecule is COc1ccc(OC)c(CN(Cc2ccccn2)C2CC(C)(C)NC(C)(C)C2)c1. The van der Waals surface area contributed by atoms with Gasteiger partial charge in [0.05, 0.1) is 19.9 Å². The molecular formula is C24H35N3O2. The Balaban J connectivity index is 1.93. The highest BCUT2D eigenvalue weighted by molar-refractivity contribution is 5.40. The second-order valence-electron chi connectivity index (χ2n) is 9.36. The Morgan fingerprint density at radius 2 is 1.72 bits per heavy atom. The van der Waals surface area contributed by atoms with Crippen molar-refractivity contribution in [2.75, 3.05) is 14.2 Å². The molecule has 29 heavy (non-hydrogen) atoms. The summed E-state index contributed by atoms with van der Waals surface area (Å²) < 4.78 is 11.1. The van der Waals surface area contributed by atoms with Gasteiger partial charge in [0.25, 0.3) is 0 Å². The Morgan fingerprint density at radius 1 is 1.00 bits per heavy atom. The molecule has 1 N–H and O–H groups in total. The van der Waals surface area contributed by atoms with Crippen LogP contribution in [0.1, 0.15) is 51.8 Å². The average molecular weight is 398 g/mol. The second kappa shape index (κ2) is 8.72. The van der Waals surface area contributed by atoms with Crippen LogP contribution in [0.3, 0.4) is 0 Å². The van der Waals surface area contributed by atoms with E-state index in [-0.39, 0.29) is 11.1 Å². The van der Waals surface area contributed by atoms with E-state index in [1.54, 1.807) is 14.2 Å². The van der Waals surface area contributed by atoms with Crippen molar-refractivity contribution in [2.24, 2.45) is 0 Å². The molecule has 1 aliphatic heterocycles. The molecule has 5 heteroatoms. The van der Waals surface area contributed by atoms with Gasteiger partial charge in [0.15, 0.2) is 0 Å². The minimum atomic E-state index is 0.0766. The monoisotopic (exact) mass is 397 g/mol. The molecule has 0 aliphatic carbocycles. The van der Waals surface area contributed by atoms with E-state index in [0.717, 1.165) is 48.7 Å². The Labute approximate surface area is 175 Å². The van der Waals surface area contributed by atoms with Crippen molar-refractivity contribution in [3.8, 4) is 11.5 Å². The van der Waals surface area contributed by atoms with Crippen LogP contribution in [0.5, 0.6) is 11.5 Å². The van der Waals surface area contributed by atoms with Gasteiger partial charge in [-0.25, -0.2) is 0 Å². The quantitative estimate of drug-likeness (QED) is 0.750. The molecule has 3 rings (SSSR count). The third kappa shape index (κ3) is 5.71. The van der Waals surface area contributed by atoms with E-state index < -0.39 is 0 Å². The molecule has 1 aromatic carbocycles. The first-order chi connectivity index (χ1) is 13.7. The molecule has 0 bridgehead atoms. The van der Waals surface area contributed by atoms with Gasteiger partial charge in [-0.05, 0) is 70.9 Å². The highest BCUT2D eigenvalue weighted by Gasteiger charge is 2.40. The van der Waals surface area contributed by atoms with Crippen molar-refractivity contribution in [3.05, 3.63) is 53.9 Å². The molecule has 0 atom stereocenters. The molecule has 1 saturated heterocycles. The number of pyridine rings is 1. The number of nitrogens with zero attached hydrogens (tertiary/aromatic N) is 2. The summed E-state index contributed by atoms with van der Waals surface area (Å²) >= 11 is 0. The summed E-state index contributed by atoms with van der Waals surface area (Å²) in [5, 5.41) is 3.80. The second-order valence-corrected chi connectivity index (χ2v) is 9.36. The zero-order valence-electron chi connectivity index (χ0n) is 18.7. The van der Waals surface area contributed by atoms with Crippen LogP contribution in [-0.4, -0.2) is 41.2 Å². The molecule has 1 fully saturated rings. The fourth-order valence-corrected chi connectivity index (χ4v) is 4.76. The minimum absolute atomic E-state index is 0.0766. The van der Waals surface area contributed by atoms with Crippen LogP contribution in [-0.2, 0) is 13.1 Å². The van der Waals surface area contributed by atoms with Crippen molar-refractivity contribution < 1.29 is 9.47 Å². The molecule has 0 spiro atoms. The Kier molecular flexibility index (Phi) is 6.49. The highest BCUT2D eigenvalue weighted by Crippen LogP contribution is 2.34. The summed E-state index contributed by atoms with van der Waals surface area (Å²) in [7, 11) is 3.43. The number of rotatable bonds is 7. The maximum atomic E-state index is 5.65. The number of aromatic nitrogens is 1. The first-order valence-corrected chi connectivity index (χ1v) is 10.4. The van der Waals surface area contributed by atoms with E-state index in [1.165, 1.54) is 0 Å². The summed E-state index contributed by atoms with van der Waals surface area (Å²) in [5.74, 6) is 1.74. The third-order valence-electron chi connectivity index (χ3n) is 5.64. The molecule has 0 radical (unpaired) electrons. The molecule has 1 aliphatic rings. The predicted molar refractivity (Wildman–Crippen MR) is 117 cm³/mol. The summed E-state index contributed by atoms with van der Waals surface area (Å²) in [6.07, 6.45) is 4.03. The van der Waals surface area contributed by atoms with Crippen LogP contribution in [0.25, 0.3) is 0 Å². The van der Waals surface area contributed by atoms with Gasteiger partial charge in [0.2, 0.25) is 0 Å². The largest absolute Gasteiger partial charge is 0.497 e. The molecule has 2 aromatic rings. The van der Waals surface area contributed by atoms with Gasteiger partial charge in [0.1, 0.15) is 11.5 Å². The Hall–Kier alpha value is -2.11. The van der Waals surface area contributed by atoms with Crippen LogP contribution in [0.2, 0.25) is 0 Å². The molecule has 2 heterocycles. The van der Waals surface area contributed by atoms with Gasteiger partial charge in [-0.3, -0.25) is 9.88 Å². The number of hydrogen-bond donors (Lipinski definition) is 1. The maximum absolute atomic E-state index is 5.65. The number of ether oxygens (including phenoxy) is 2. The first-order valence-electron chi connectivity index (χ1n) is 10.4. The zero-order valence-corrected chi connectivity index (χ0v) is 18.7.